The highest BCUT2D eigenvalue weighted by molar-refractivity contribution is 6.31. The Morgan fingerprint density at radius 2 is 1.87 bits per heavy atom. The van der Waals surface area contributed by atoms with E-state index in [1.807, 2.05) is 37.3 Å². The molecule has 1 aliphatic heterocycles. The van der Waals surface area contributed by atoms with Crippen molar-refractivity contribution in [2.75, 3.05) is 13.1 Å². The van der Waals surface area contributed by atoms with E-state index in [-0.39, 0.29) is 18.4 Å². The first-order chi connectivity index (χ1) is 18.2. The predicted molar refractivity (Wildman–Crippen MR) is 146 cm³/mol. The number of nitrogens with zero attached hydrogens (tertiary/aromatic N) is 4. The number of aliphatic imine (C=N–C) groups is 1. The number of aromatic nitrogens is 3. The molecule has 0 saturated carbocycles. The molecule has 0 aliphatic carbocycles. The van der Waals surface area contributed by atoms with Gasteiger partial charge in [0.15, 0.2) is 11.4 Å². The minimum Gasteiger partial charge on any atom is -0.451 e. The van der Waals surface area contributed by atoms with Crippen LogP contribution in [-0.4, -0.2) is 45.9 Å². The Labute approximate surface area is 221 Å². The van der Waals surface area contributed by atoms with Gasteiger partial charge < -0.3 is 15.8 Å². The molecule has 0 atom stereocenters. The van der Waals surface area contributed by atoms with Crippen molar-refractivity contribution in [3.8, 4) is 22.4 Å². The van der Waals surface area contributed by atoms with Crippen molar-refractivity contribution in [3.63, 3.8) is 0 Å². The Morgan fingerprint density at radius 3 is 2.53 bits per heavy atom. The van der Waals surface area contributed by atoms with Crippen LogP contribution in [0.15, 0.2) is 60.5 Å². The van der Waals surface area contributed by atoms with Crippen molar-refractivity contribution < 1.29 is 14.3 Å². The van der Waals surface area contributed by atoms with Crippen molar-refractivity contribution in [1.29, 1.82) is 0 Å². The summed E-state index contributed by atoms with van der Waals surface area (Å²) in [6, 6.07) is 9.18. The number of hydrogen-bond donors (Lipinski definition) is 3. The van der Waals surface area contributed by atoms with Gasteiger partial charge in [0.1, 0.15) is 5.84 Å². The summed E-state index contributed by atoms with van der Waals surface area (Å²) in [5.74, 6) is 0.417. The van der Waals surface area contributed by atoms with Crippen LogP contribution in [0, 0.1) is 0 Å². The number of nitrogens with one attached hydrogen (secondary N) is 2. The monoisotopic (exact) mass is 513 g/mol. The van der Waals surface area contributed by atoms with Gasteiger partial charge in [-0.2, -0.15) is 0 Å². The number of pyridine rings is 1. The van der Waals surface area contributed by atoms with Crippen LogP contribution in [0.3, 0.4) is 0 Å². The lowest BCUT2D eigenvalue weighted by atomic mass is 9.93. The molecule has 1 aromatic carbocycles. The van der Waals surface area contributed by atoms with Crippen LogP contribution in [0.1, 0.15) is 45.0 Å². The van der Waals surface area contributed by atoms with E-state index in [9.17, 15) is 9.59 Å². The first-order valence-corrected chi connectivity index (χ1v) is 12.4. The molecule has 196 valence electrons. The molecular formula is C28H31N7O3. The third kappa shape index (κ3) is 5.76. The predicted octanol–water partition coefficient (Wildman–Crippen LogP) is 4.10. The van der Waals surface area contributed by atoms with Crippen LogP contribution in [0.25, 0.3) is 28.0 Å². The number of nitrogens with two attached hydrogens (primary N) is 1. The zero-order chi connectivity index (χ0) is 27.3. The Hall–Kier alpha value is -4.44. The molecule has 0 saturated heterocycles. The summed E-state index contributed by atoms with van der Waals surface area (Å²) in [6.45, 7) is 10.4. The molecule has 2 amide bonds. The van der Waals surface area contributed by atoms with Crippen LogP contribution in [0.2, 0.25) is 0 Å². The molecule has 3 aromatic rings. The lowest BCUT2D eigenvalue weighted by molar-refractivity contribution is -0.158. The number of hydrogen-bond acceptors (Lipinski definition) is 8. The van der Waals surface area contributed by atoms with E-state index < -0.39 is 5.60 Å². The SMILES string of the molecule is C=C1C(NC(=O)NCC)=Nc2cc(-c3cnc(C(C)(C)OC(=O)CCCN)nc3)cc(-c3ccccn3)c21. The van der Waals surface area contributed by atoms with Gasteiger partial charge >= 0.3 is 12.0 Å². The summed E-state index contributed by atoms with van der Waals surface area (Å²) < 4.78 is 5.59. The second kappa shape index (κ2) is 11.3. The van der Waals surface area contributed by atoms with Gasteiger partial charge in [-0.25, -0.2) is 19.8 Å². The summed E-state index contributed by atoms with van der Waals surface area (Å²) >= 11 is 0. The number of fused-ring (bicyclic) bond motifs is 1. The highest BCUT2D eigenvalue weighted by Crippen LogP contribution is 2.43. The maximum atomic E-state index is 12.2. The topological polar surface area (TPSA) is 144 Å². The Morgan fingerprint density at radius 1 is 1.11 bits per heavy atom. The highest BCUT2D eigenvalue weighted by atomic mass is 16.6. The Kier molecular flexibility index (Phi) is 7.92. The standard InChI is InChI=1S/C28H31N7O3/c1-5-30-27(37)35-25-17(2)24-20(21-9-6-7-12-31-21)13-18(14-22(24)34-25)19-15-32-26(33-16-19)28(3,4)38-23(36)10-8-11-29/h6-7,9,12-16H,2,5,8,10-11,29H2,1,3-4H3,(H2,30,34,35,37). The van der Waals surface area contributed by atoms with Crippen LogP contribution in [-0.2, 0) is 15.1 Å². The molecule has 0 fully saturated rings. The van der Waals surface area contributed by atoms with Gasteiger partial charge in [0, 0.05) is 53.8 Å². The number of benzene rings is 1. The smallest absolute Gasteiger partial charge is 0.320 e. The second-order valence-corrected chi connectivity index (χ2v) is 9.23. The molecule has 10 heteroatoms. The van der Waals surface area contributed by atoms with Crippen molar-refractivity contribution >= 4 is 29.1 Å². The fourth-order valence-electron chi connectivity index (χ4n) is 4.06. The van der Waals surface area contributed by atoms with E-state index in [4.69, 9.17) is 10.5 Å². The van der Waals surface area contributed by atoms with Crippen molar-refractivity contribution in [2.24, 2.45) is 10.7 Å². The summed E-state index contributed by atoms with van der Waals surface area (Å²) in [6.07, 6.45) is 5.88. The molecule has 3 heterocycles. The molecule has 0 spiro atoms. The third-order valence-corrected chi connectivity index (χ3v) is 5.93. The first kappa shape index (κ1) is 26.6. The molecule has 0 bridgehead atoms. The number of ether oxygens (including phenoxy) is 1. The van der Waals surface area contributed by atoms with Gasteiger partial charge in [0.2, 0.25) is 0 Å². The van der Waals surface area contributed by atoms with Gasteiger partial charge in [0.05, 0.1) is 11.4 Å². The van der Waals surface area contributed by atoms with E-state index in [0.29, 0.717) is 42.4 Å². The van der Waals surface area contributed by atoms with E-state index in [0.717, 1.165) is 27.9 Å². The third-order valence-electron chi connectivity index (χ3n) is 5.93. The number of rotatable bonds is 8. The largest absolute Gasteiger partial charge is 0.451 e. The fraction of sp³-hybridized carbons (Fsp3) is 0.286. The first-order valence-electron chi connectivity index (χ1n) is 12.4. The number of amidine groups is 1. The lowest BCUT2D eigenvalue weighted by Crippen LogP contribution is -2.38. The number of carbonyl (C=O) groups excluding carboxylic acids is 2. The molecule has 2 aromatic heterocycles. The maximum absolute atomic E-state index is 12.2. The Bertz CT molecular complexity index is 1380. The van der Waals surface area contributed by atoms with E-state index in [2.05, 4.69) is 37.2 Å². The quantitative estimate of drug-likeness (QED) is 0.385. The van der Waals surface area contributed by atoms with Gasteiger partial charge in [-0.1, -0.05) is 12.6 Å². The Balaban J connectivity index is 1.69. The van der Waals surface area contributed by atoms with Crippen LogP contribution in [0.5, 0.6) is 0 Å². The lowest BCUT2D eigenvalue weighted by Gasteiger charge is -2.23. The zero-order valence-electron chi connectivity index (χ0n) is 21.7. The number of urea groups is 1. The van der Waals surface area contributed by atoms with Gasteiger partial charge in [-0.3, -0.25) is 15.1 Å². The van der Waals surface area contributed by atoms with Crippen LogP contribution in [0.4, 0.5) is 10.5 Å². The summed E-state index contributed by atoms with van der Waals surface area (Å²) in [4.78, 5) is 42.5. The molecule has 0 unspecified atom stereocenters. The van der Waals surface area contributed by atoms with E-state index in [1.165, 1.54) is 0 Å². The average Bonchev–Trinajstić information content (AvgIpc) is 3.22. The summed E-state index contributed by atoms with van der Waals surface area (Å²) in [5.41, 5.74) is 9.64. The minimum absolute atomic E-state index is 0.242. The zero-order valence-corrected chi connectivity index (χ0v) is 21.7. The second-order valence-electron chi connectivity index (χ2n) is 9.23. The average molecular weight is 514 g/mol. The molecule has 1 aliphatic rings. The van der Waals surface area contributed by atoms with E-state index in [1.54, 1.807) is 32.4 Å². The number of carbonyl (C=O) groups is 2. The molecule has 10 nitrogen and oxygen atoms in total. The van der Waals surface area contributed by atoms with Crippen molar-refractivity contribution in [1.82, 2.24) is 25.6 Å². The van der Waals surface area contributed by atoms with E-state index >= 15 is 0 Å². The normalized spacial score (nSPS) is 12.5. The molecule has 0 radical (unpaired) electrons. The fourth-order valence-corrected chi connectivity index (χ4v) is 4.06. The highest BCUT2D eigenvalue weighted by Gasteiger charge is 2.29. The minimum atomic E-state index is -0.997. The maximum Gasteiger partial charge on any atom is 0.320 e. The number of amides is 2. The van der Waals surface area contributed by atoms with Crippen LogP contribution >= 0.6 is 0 Å². The van der Waals surface area contributed by atoms with Gasteiger partial charge in [-0.05, 0) is 63.6 Å². The van der Waals surface area contributed by atoms with Crippen molar-refractivity contribution in [3.05, 3.63) is 66.9 Å². The summed E-state index contributed by atoms with van der Waals surface area (Å²) in [5, 5.41) is 5.48. The summed E-state index contributed by atoms with van der Waals surface area (Å²) in [7, 11) is 0. The molecular weight excluding hydrogens is 482 g/mol. The van der Waals surface area contributed by atoms with Crippen molar-refractivity contribution in [2.45, 2.75) is 39.2 Å². The van der Waals surface area contributed by atoms with Gasteiger partial charge in [0.25, 0.3) is 0 Å². The van der Waals surface area contributed by atoms with Gasteiger partial charge in [-0.15, -0.1) is 0 Å². The molecule has 4 N–H and O–H groups in total. The number of esters is 1. The van der Waals surface area contributed by atoms with Crippen LogP contribution < -0.4 is 16.4 Å². The molecule has 38 heavy (non-hydrogen) atoms. The molecule has 4 rings (SSSR count).